The summed E-state index contributed by atoms with van der Waals surface area (Å²) in [7, 11) is 0. The normalized spacial score (nSPS) is 21.8. The molecule has 0 unspecified atom stereocenters. The summed E-state index contributed by atoms with van der Waals surface area (Å²) in [5.74, 6) is 0. The Morgan fingerprint density at radius 3 is 2.50 bits per heavy atom. The molecule has 0 bridgehead atoms. The Bertz CT molecular complexity index is 687. The zero-order valence-electron chi connectivity index (χ0n) is 14.3. The fraction of sp³-hybridized carbons (Fsp3) is 0.429. The van der Waals surface area contributed by atoms with Gasteiger partial charge >= 0.3 is 0 Å². The van der Waals surface area contributed by atoms with Crippen LogP contribution in [0.25, 0.3) is 0 Å². The van der Waals surface area contributed by atoms with Gasteiger partial charge in [0.05, 0.1) is 6.61 Å². The van der Waals surface area contributed by atoms with Gasteiger partial charge in [-0.15, -0.1) is 0 Å². The quantitative estimate of drug-likeness (QED) is 0.866. The van der Waals surface area contributed by atoms with Crippen LogP contribution in [-0.4, -0.2) is 29.7 Å². The maximum absolute atomic E-state index is 10.2. The van der Waals surface area contributed by atoms with E-state index in [0.717, 1.165) is 43.9 Å². The van der Waals surface area contributed by atoms with E-state index >= 15 is 0 Å². The maximum atomic E-state index is 10.2. The van der Waals surface area contributed by atoms with Crippen molar-refractivity contribution in [2.75, 3.05) is 19.7 Å². The zero-order valence-corrected chi connectivity index (χ0v) is 15.1. The van der Waals surface area contributed by atoms with E-state index in [2.05, 4.69) is 42.2 Å². The molecule has 0 radical (unpaired) electrons. The summed E-state index contributed by atoms with van der Waals surface area (Å²) < 4.78 is 0. The molecule has 3 heteroatoms. The standard InChI is InChI=1S/C21H26ClNO/c1-17-7-2-3-8-18(17)13-21(16-24)11-6-12-23(15-21)14-19-9-4-5-10-20(19)22/h2-5,7-10,24H,6,11-16H2,1H3/t21-/m1/s1. The highest BCUT2D eigenvalue weighted by molar-refractivity contribution is 6.31. The van der Waals surface area contributed by atoms with Crippen LogP contribution in [0.15, 0.2) is 48.5 Å². The minimum Gasteiger partial charge on any atom is -0.396 e. The van der Waals surface area contributed by atoms with Crippen molar-refractivity contribution in [2.45, 2.75) is 32.7 Å². The van der Waals surface area contributed by atoms with Gasteiger partial charge in [-0.2, -0.15) is 0 Å². The van der Waals surface area contributed by atoms with E-state index in [1.54, 1.807) is 0 Å². The topological polar surface area (TPSA) is 23.5 Å². The van der Waals surface area contributed by atoms with Crippen molar-refractivity contribution in [1.82, 2.24) is 4.90 Å². The van der Waals surface area contributed by atoms with Crippen LogP contribution in [0.4, 0.5) is 0 Å². The molecular formula is C21H26ClNO. The van der Waals surface area contributed by atoms with Crippen LogP contribution < -0.4 is 0 Å². The Balaban J connectivity index is 1.74. The van der Waals surface area contributed by atoms with Crippen LogP contribution in [0.1, 0.15) is 29.5 Å². The summed E-state index contributed by atoms with van der Waals surface area (Å²) in [6.45, 7) is 5.24. The van der Waals surface area contributed by atoms with E-state index in [-0.39, 0.29) is 12.0 Å². The molecule has 1 fully saturated rings. The van der Waals surface area contributed by atoms with Crippen molar-refractivity contribution in [3.05, 3.63) is 70.2 Å². The lowest BCUT2D eigenvalue weighted by Gasteiger charge is -2.42. The highest BCUT2D eigenvalue weighted by Gasteiger charge is 2.35. The number of piperidine rings is 1. The van der Waals surface area contributed by atoms with E-state index in [9.17, 15) is 5.11 Å². The predicted octanol–water partition coefficient (Wildman–Crippen LogP) is 4.47. The summed E-state index contributed by atoms with van der Waals surface area (Å²) >= 11 is 6.32. The first-order chi connectivity index (χ1) is 11.6. The molecule has 2 aromatic carbocycles. The van der Waals surface area contributed by atoms with Crippen molar-refractivity contribution < 1.29 is 5.11 Å². The first kappa shape index (κ1) is 17.5. The van der Waals surface area contributed by atoms with Gasteiger partial charge in [0.1, 0.15) is 0 Å². The van der Waals surface area contributed by atoms with Crippen LogP contribution in [0.5, 0.6) is 0 Å². The lowest BCUT2D eigenvalue weighted by atomic mass is 9.75. The number of rotatable bonds is 5. The summed E-state index contributed by atoms with van der Waals surface area (Å²) in [6, 6.07) is 16.6. The third kappa shape index (κ3) is 4.00. The molecule has 0 aliphatic carbocycles. The van der Waals surface area contributed by atoms with Gasteiger partial charge in [0.25, 0.3) is 0 Å². The smallest absolute Gasteiger partial charge is 0.0502 e. The van der Waals surface area contributed by atoms with E-state index in [1.807, 2.05) is 18.2 Å². The minimum atomic E-state index is -0.0500. The third-order valence-electron chi connectivity index (χ3n) is 5.25. The molecule has 24 heavy (non-hydrogen) atoms. The largest absolute Gasteiger partial charge is 0.396 e. The zero-order chi connectivity index (χ0) is 17.0. The van der Waals surface area contributed by atoms with E-state index in [0.29, 0.717) is 0 Å². The molecule has 2 nitrogen and oxygen atoms in total. The van der Waals surface area contributed by atoms with Gasteiger partial charge in [0.15, 0.2) is 0 Å². The molecule has 2 aromatic rings. The van der Waals surface area contributed by atoms with Gasteiger partial charge in [-0.1, -0.05) is 54.1 Å². The van der Waals surface area contributed by atoms with Crippen LogP contribution in [0, 0.1) is 12.3 Å². The number of likely N-dealkylation sites (tertiary alicyclic amines) is 1. The van der Waals surface area contributed by atoms with Gasteiger partial charge in [-0.05, 0) is 55.5 Å². The summed E-state index contributed by atoms with van der Waals surface area (Å²) in [5.41, 5.74) is 3.79. The number of benzene rings is 2. The van der Waals surface area contributed by atoms with Crippen molar-refractivity contribution >= 4 is 11.6 Å². The number of aliphatic hydroxyl groups is 1. The summed E-state index contributed by atoms with van der Waals surface area (Å²) in [4.78, 5) is 2.44. The Morgan fingerprint density at radius 2 is 1.79 bits per heavy atom. The average molecular weight is 344 g/mol. The number of hydrogen-bond acceptors (Lipinski definition) is 2. The van der Waals surface area contributed by atoms with Gasteiger partial charge in [0, 0.05) is 23.5 Å². The first-order valence-corrected chi connectivity index (χ1v) is 9.11. The molecule has 1 aliphatic heterocycles. The second-order valence-electron chi connectivity index (χ2n) is 7.17. The second kappa shape index (κ2) is 7.69. The van der Waals surface area contributed by atoms with Crippen molar-refractivity contribution in [3.63, 3.8) is 0 Å². The van der Waals surface area contributed by atoms with Gasteiger partial charge in [-0.25, -0.2) is 0 Å². The number of hydrogen-bond donors (Lipinski definition) is 1. The molecule has 0 saturated carbocycles. The molecule has 1 heterocycles. The van der Waals surface area contributed by atoms with Gasteiger partial charge in [-0.3, -0.25) is 4.90 Å². The molecule has 0 spiro atoms. The maximum Gasteiger partial charge on any atom is 0.0502 e. The Hall–Kier alpha value is -1.35. The van der Waals surface area contributed by atoms with Crippen molar-refractivity contribution in [3.8, 4) is 0 Å². The number of nitrogens with zero attached hydrogens (tertiary/aromatic N) is 1. The summed E-state index contributed by atoms with van der Waals surface area (Å²) in [5, 5.41) is 11.0. The molecule has 1 saturated heterocycles. The van der Waals surface area contributed by atoms with Crippen LogP contribution >= 0.6 is 11.6 Å². The van der Waals surface area contributed by atoms with Crippen LogP contribution in [0.2, 0.25) is 5.02 Å². The molecule has 0 aromatic heterocycles. The molecule has 1 aliphatic rings. The van der Waals surface area contributed by atoms with Crippen molar-refractivity contribution in [1.29, 1.82) is 0 Å². The predicted molar refractivity (Wildman–Crippen MR) is 100 cm³/mol. The lowest BCUT2D eigenvalue weighted by Crippen LogP contribution is -2.46. The van der Waals surface area contributed by atoms with Gasteiger partial charge < -0.3 is 5.11 Å². The highest BCUT2D eigenvalue weighted by Crippen LogP contribution is 2.35. The van der Waals surface area contributed by atoms with Crippen LogP contribution in [-0.2, 0) is 13.0 Å². The monoisotopic (exact) mass is 343 g/mol. The second-order valence-corrected chi connectivity index (χ2v) is 7.57. The van der Waals surface area contributed by atoms with Gasteiger partial charge in [0.2, 0.25) is 0 Å². The summed E-state index contributed by atoms with van der Waals surface area (Å²) in [6.07, 6.45) is 3.14. The highest BCUT2D eigenvalue weighted by atomic mass is 35.5. The molecular weight excluding hydrogens is 318 g/mol. The number of aryl methyl sites for hydroxylation is 1. The first-order valence-electron chi connectivity index (χ1n) is 8.73. The molecule has 128 valence electrons. The fourth-order valence-corrected chi connectivity index (χ4v) is 4.05. The molecule has 1 atom stereocenters. The minimum absolute atomic E-state index is 0.0500. The number of aliphatic hydroxyl groups excluding tert-OH is 1. The molecule has 3 rings (SSSR count). The Labute approximate surface area is 150 Å². The fourth-order valence-electron chi connectivity index (χ4n) is 3.85. The van der Waals surface area contributed by atoms with Crippen LogP contribution in [0.3, 0.4) is 0 Å². The molecule has 1 N–H and O–H groups in total. The van der Waals surface area contributed by atoms with E-state index in [1.165, 1.54) is 16.7 Å². The average Bonchev–Trinajstić information content (AvgIpc) is 2.59. The Kier molecular flexibility index (Phi) is 5.60. The third-order valence-corrected chi connectivity index (χ3v) is 5.62. The van der Waals surface area contributed by atoms with Crippen molar-refractivity contribution in [2.24, 2.45) is 5.41 Å². The lowest BCUT2D eigenvalue weighted by molar-refractivity contribution is 0.0288. The van der Waals surface area contributed by atoms with E-state index in [4.69, 9.17) is 11.6 Å². The number of halogens is 1. The SMILES string of the molecule is Cc1ccccc1C[C@]1(CO)CCCN(Cc2ccccc2Cl)C1. The Morgan fingerprint density at radius 1 is 1.08 bits per heavy atom. The van der Waals surface area contributed by atoms with E-state index < -0.39 is 0 Å². The molecule has 0 amide bonds.